The van der Waals surface area contributed by atoms with Crippen LogP contribution in [0.2, 0.25) is 0 Å². The first-order valence-electron chi connectivity index (χ1n) is 5.54. The van der Waals surface area contributed by atoms with E-state index < -0.39 is 11.6 Å². The maximum Gasteiger partial charge on any atom is 0.446 e. The fourth-order valence-electron chi connectivity index (χ4n) is 1.33. The van der Waals surface area contributed by atoms with E-state index in [1.807, 2.05) is 6.92 Å². The number of aliphatic hydroxyl groups is 1. The topological polar surface area (TPSA) is 29.5 Å². The second-order valence-corrected chi connectivity index (χ2v) is 4.85. The molecule has 1 N–H and O–H groups in total. The van der Waals surface area contributed by atoms with Crippen molar-refractivity contribution in [3.8, 4) is 0 Å². The Hall–Kier alpha value is -0.720. The van der Waals surface area contributed by atoms with Gasteiger partial charge in [0.15, 0.2) is 0 Å². The van der Waals surface area contributed by atoms with Gasteiger partial charge in [-0.2, -0.15) is 13.2 Å². The van der Waals surface area contributed by atoms with Gasteiger partial charge < -0.3 is 9.84 Å². The molecule has 1 rings (SSSR count). The summed E-state index contributed by atoms with van der Waals surface area (Å²) in [6.07, 6.45) is 0.0509. The highest BCUT2D eigenvalue weighted by atomic mass is 32.2. The average molecular weight is 280 g/mol. The Labute approximate surface area is 108 Å². The van der Waals surface area contributed by atoms with Crippen molar-refractivity contribution in [2.24, 2.45) is 0 Å². The van der Waals surface area contributed by atoms with E-state index >= 15 is 0 Å². The second-order valence-electron chi connectivity index (χ2n) is 3.71. The van der Waals surface area contributed by atoms with Gasteiger partial charge in [-0.15, -0.1) is 0 Å². The Balaban J connectivity index is 2.54. The SMILES string of the molecule is CCCOCC(O)c1ccc(SC(F)(F)F)cc1. The summed E-state index contributed by atoms with van der Waals surface area (Å²) in [7, 11) is 0. The molecule has 6 heteroatoms. The molecule has 0 amide bonds. The predicted octanol–water partition coefficient (Wildman–Crippen LogP) is 3.76. The molecule has 0 spiro atoms. The van der Waals surface area contributed by atoms with Crippen LogP contribution in [0.25, 0.3) is 0 Å². The highest BCUT2D eigenvalue weighted by Gasteiger charge is 2.29. The molecule has 0 saturated carbocycles. The van der Waals surface area contributed by atoms with Gasteiger partial charge in [0, 0.05) is 11.5 Å². The maximum absolute atomic E-state index is 12.1. The molecule has 1 atom stereocenters. The zero-order valence-corrected chi connectivity index (χ0v) is 10.7. The van der Waals surface area contributed by atoms with Crippen molar-refractivity contribution in [1.29, 1.82) is 0 Å². The van der Waals surface area contributed by atoms with Crippen LogP contribution in [-0.4, -0.2) is 23.8 Å². The van der Waals surface area contributed by atoms with Crippen molar-refractivity contribution in [3.63, 3.8) is 0 Å². The second kappa shape index (κ2) is 7.01. The van der Waals surface area contributed by atoms with Crippen LogP contribution in [0, 0.1) is 0 Å². The molecule has 0 heterocycles. The van der Waals surface area contributed by atoms with Gasteiger partial charge in [-0.1, -0.05) is 19.1 Å². The molecule has 0 aliphatic rings. The molecule has 1 aromatic rings. The first-order chi connectivity index (χ1) is 8.42. The van der Waals surface area contributed by atoms with Gasteiger partial charge in [-0.25, -0.2) is 0 Å². The van der Waals surface area contributed by atoms with Crippen LogP contribution >= 0.6 is 11.8 Å². The minimum atomic E-state index is -4.29. The molecule has 0 saturated heterocycles. The van der Waals surface area contributed by atoms with Crippen molar-refractivity contribution >= 4 is 11.8 Å². The molecule has 1 aromatic carbocycles. The molecule has 0 radical (unpaired) electrons. The first-order valence-corrected chi connectivity index (χ1v) is 6.35. The number of aliphatic hydroxyl groups excluding tert-OH is 1. The Morgan fingerprint density at radius 2 is 1.89 bits per heavy atom. The Morgan fingerprint density at radius 1 is 1.28 bits per heavy atom. The van der Waals surface area contributed by atoms with E-state index in [0.717, 1.165) is 6.42 Å². The van der Waals surface area contributed by atoms with Gasteiger partial charge in [-0.3, -0.25) is 0 Å². The van der Waals surface area contributed by atoms with Crippen molar-refractivity contribution in [1.82, 2.24) is 0 Å². The summed E-state index contributed by atoms with van der Waals surface area (Å²) in [4.78, 5) is 0.105. The summed E-state index contributed by atoms with van der Waals surface area (Å²) in [6, 6.07) is 5.65. The third-order valence-electron chi connectivity index (χ3n) is 2.12. The smallest absolute Gasteiger partial charge is 0.386 e. The number of alkyl halides is 3. The molecule has 1 unspecified atom stereocenters. The predicted molar refractivity (Wildman–Crippen MR) is 64.4 cm³/mol. The number of thioether (sulfide) groups is 1. The number of rotatable bonds is 6. The van der Waals surface area contributed by atoms with E-state index in [1.165, 1.54) is 24.3 Å². The zero-order chi connectivity index (χ0) is 13.6. The lowest BCUT2D eigenvalue weighted by Gasteiger charge is -2.12. The average Bonchev–Trinajstić information content (AvgIpc) is 2.28. The lowest BCUT2D eigenvalue weighted by molar-refractivity contribution is -0.0328. The maximum atomic E-state index is 12.1. The lowest BCUT2D eigenvalue weighted by atomic mass is 10.1. The Bertz CT molecular complexity index is 351. The van der Waals surface area contributed by atoms with Gasteiger partial charge in [0.25, 0.3) is 0 Å². The number of hydrogen-bond donors (Lipinski definition) is 1. The summed E-state index contributed by atoms with van der Waals surface area (Å²) >= 11 is -0.170. The molecular weight excluding hydrogens is 265 g/mol. The molecule has 102 valence electrons. The van der Waals surface area contributed by atoms with Gasteiger partial charge in [0.05, 0.1) is 6.61 Å². The normalized spacial score (nSPS) is 13.6. The van der Waals surface area contributed by atoms with Crippen LogP contribution in [0.5, 0.6) is 0 Å². The van der Waals surface area contributed by atoms with Crippen LogP contribution in [0.15, 0.2) is 29.2 Å². The van der Waals surface area contributed by atoms with Crippen LogP contribution < -0.4 is 0 Å². The summed E-state index contributed by atoms with van der Waals surface area (Å²) in [5.74, 6) is 0. The number of benzene rings is 1. The number of halogens is 3. The van der Waals surface area contributed by atoms with Crippen molar-refractivity contribution in [2.45, 2.75) is 29.9 Å². The van der Waals surface area contributed by atoms with Gasteiger partial charge in [0.2, 0.25) is 0 Å². The first kappa shape index (κ1) is 15.3. The van der Waals surface area contributed by atoms with Crippen molar-refractivity contribution < 1.29 is 23.0 Å². The minimum absolute atomic E-state index is 0.105. The van der Waals surface area contributed by atoms with Gasteiger partial charge in [-0.05, 0) is 35.9 Å². The summed E-state index contributed by atoms with van der Waals surface area (Å²) < 4.78 is 41.5. The van der Waals surface area contributed by atoms with Gasteiger partial charge in [0.1, 0.15) is 6.10 Å². The highest BCUT2D eigenvalue weighted by Crippen LogP contribution is 2.36. The Morgan fingerprint density at radius 3 is 2.39 bits per heavy atom. The summed E-state index contributed by atoms with van der Waals surface area (Å²) in [5, 5.41) is 9.72. The molecule has 0 aromatic heterocycles. The molecule has 0 aliphatic heterocycles. The van der Waals surface area contributed by atoms with Gasteiger partial charge >= 0.3 is 5.51 Å². The standard InChI is InChI=1S/C12H15F3O2S/c1-2-7-17-8-11(16)9-3-5-10(6-4-9)18-12(13,14)15/h3-6,11,16H,2,7-8H2,1H3. The summed E-state index contributed by atoms with van der Waals surface area (Å²) in [5.41, 5.74) is -3.73. The van der Waals surface area contributed by atoms with E-state index in [1.54, 1.807) is 0 Å². The van der Waals surface area contributed by atoms with Crippen LogP contribution in [-0.2, 0) is 4.74 Å². The molecule has 2 nitrogen and oxygen atoms in total. The quantitative estimate of drug-likeness (QED) is 0.635. The third kappa shape index (κ3) is 5.75. The van der Waals surface area contributed by atoms with Crippen molar-refractivity contribution in [3.05, 3.63) is 29.8 Å². The van der Waals surface area contributed by atoms with E-state index in [2.05, 4.69) is 0 Å². The van der Waals surface area contributed by atoms with Crippen LogP contribution in [0.4, 0.5) is 13.2 Å². The Kier molecular flexibility index (Phi) is 5.98. The van der Waals surface area contributed by atoms with Crippen molar-refractivity contribution in [2.75, 3.05) is 13.2 Å². The highest BCUT2D eigenvalue weighted by molar-refractivity contribution is 8.00. The summed E-state index contributed by atoms with van der Waals surface area (Å²) in [6.45, 7) is 2.66. The molecule has 0 aliphatic carbocycles. The zero-order valence-electron chi connectivity index (χ0n) is 9.91. The van der Waals surface area contributed by atoms with E-state index in [9.17, 15) is 18.3 Å². The van der Waals surface area contributed by atoms with Crippen LogP contribution in [0.1, 0.15) is 25.0 Å². The monoisotopic (exact) mass is 280 g/mol. The largest absolute Gasteiger partial charge is 0.446 e. The van der Waals surface area contributed by atoms with E-state index in [4.69, 9.17) is 4.74 Å². The molecule has 0 bridgehead atoms. The minimum Gasteiger partial charge on any atom is -0.386 e. The molecule has 18 heavy (non-hydrogen) atoms. The number of hydrogen-bond acceptors (Lipinski definition) is 3. The fourth-order valence-corrected chi connectivity index (χ4v) is 1.87. The number of ether oxygens (including phenoxy) is 1. The van der Waals surface area contributed by atoms with E-state index in [0.29, 0.717) is 12.2 Å². The van der Waals surface area contributed by atoms with Crippen LogP contribution in [0.3, 0.4) is 0 Å². The fraction of sp³-hybridized carbons (Fsp3) is 0.500. The lowest BCUT2D eigenvalue weighted by Crippen LogP contribution is -2.07. The van der Waals surface area contributed by atoms with E-state index in [-0.39, 0.29) is 23.3 Å². The molecule has 0 fully saturated rings. The third-order valence-corrected chi connectivity index (χ3v) is 2.86. The molecular formula is C12H15F3O2S.